The number of aliphatic hydroxyl groups is 1. The number of aliphatic hydroxyl groups excluding tert-OH is 1. The maximum absolute atomic E-state index is 13.1. The van der Waals surface area contributed by atoms with Crippen molar-refractivity contribution in [2.24, 2.45) is 0 Å². The number of halogens is 2. The second kappa shape index (κ2) is 5.79. The zero-order valence-corrected chi connectivity index (χ0v) is 11.9. The molecule has 0 fully saturated rings. The average Bonchev–Trinajstić information content (AvgIpc) is 2.40. The number of nitrogens with one attached hydrogen (secondary N) is 1. The van der Waals surface area contributed by atoms with Crippen molar-refractivity contribution in [1.29, 1.82) is 0 Å². The zero-order chi connectivity index (χ0) is 15.6. The Hall–Kier alpha value is -1.99. The van der Waals surface area contributed by atoms with E-state index in [-0.39, 0.29) is 12.3 Å². The van der Waals surface area contributed by atoms with Crippen molar-refractivity contribution in [2.75, 3.05) is 4.72 Å². The van der Waals surface area contributed by atoms with Crippen LogP contribution in [0.15, 0.2) is 41.3 Å². The summed E-state index contributed by atoms with van der Waals surface area (Å²) in [6.45, 7) is 1.43. The van der Waals surface area contributed by atoms with E-state index in [1.807, 2.05) is 0 Å². The van der Waals surface area contributed by atoms with Crippen LogP contribution in [0.4, 0.5) is 14.5 Å². The lowest BCUT2D eigenvalue weighted by molar-refractivity contribution is 0.282. The molecule has 7 heteroatoms. The Bertz CT molecular complexity index is 756. The summed E-state index contributed by atoms with van der Waals surface area (Å²) >= 11 is 0. The van der Waals surface area contributed by atoms with E-state index in [0.717, 1.165) is 12.1 Å². The van der Waals surface area contributed by atoms with Gasteiger partial charge in [-0.05, 0) is 36.2 Å². The quantitative estimate of drug-likeness (QED) is 0.911. The van der Waals surface area contributed by atoms with Gasteiger partial charge in [-0.25, -0.2) is 17.2 Å². The lowest BCUT2D eigenvalue weighted by Gasteiger charge is -2.12. The van der Waals surface area contributed by atoms with Crippen LogP contribution >= 0.6 is 0 Å². The summed E-state index contributed by atoms with van der Waals surface area (Å²) in [6, 6.07) is 6.80. The summed E-state index contributed by atoms with van der Waals surface area (Å²) in [6.07, 6.45) is 0. The van der Waals surface area contributed by atoms with Crippen molar-refractivity contribution >= 4 is 15.7 Å². The molecule has 0 unspecified atom stereocenters. The van der Waals surface area contributed by atoms with E-state index in [4.69, 9.17) is 5.11 Å². The highest BCUT2D eigenvalue weighted by atomic mass is 32.2. The fourth-order valence-electron chi connectivity index (χ4n) is 1.76. The smallest absolute Gasteiger partial charge is 0.262 e. The van der Waals surface area contributed by atoms with Crippen LogP contribution in [0.3, 0.4) is 0 Å². The summed E-state index contributed by atoms with van der Waals surface area (Å²) in [5.74, 6) is -1.95. The Morgan fingerprint density at radius 1 is 1.10 bits per heavy atom. The van der Waals surface area contributed by atoms with Crippen molar-refractivity contribution in [3.8, 4) is 0 Å². The van der Waals surface area contributed by atoms with Gasteiger partial charge in [-0.15, -0.1) is 0 Å². The first-order chi connectivity index (χ1) is 9.81. The third-order valence-corrected chi connectivity index (χ3v) is 4.22. The molecule has 0 spiro atoms. The van der Waals surface area contributed by atoms with Crippen LogP contribution in [-0.2, 0) is 16.6 Å². The molecule has 0 radical (unpaired) electrons. The zero-order valence-electron chi connectivity index (χ0n) is 11.1. The largest absolute Gasteiger partial charge is 0.392 e. The monoisotopic (exact) mass is 313 g/mol. The number of aryl methyl sites for hydroxylation is 1. The molecule has 0 heterocycles. The van der Waals surface area contributed by atoms with Gasteiger partial charge in [0.2, 0.25) is 0 Å². The summed E-state index contributed by atoms with van der Waals surface area (Å²) in [4.78, 5) is -0.506. The highest BCUT2D eigenvalue weighted by Gasteiger charge is 2.17. The highest BCUT2D eigenvalue weighted by molar-refractivity contribution is 7.92. The molecule has 2 aromatic rings. The molecule has 0 aromatic heterocycles. The van der Waals surface area contributed by atoms with Crippen LogP contribution in [0.25, 0.3) is 0 Å². The molecule has 0 saturated carbocycles. The molecule has 0 aliphatic rings. The van der Waals surface area contributed by atoms with Gasteiger partial charge in [0.05, 0.1) is 17.2 Å². The number of hydrogen-bond acceptors (Lipinski definition) is 3. The van der Waals surface area contributed by atoms with Crippen molar-refractivity contribution in [3.63, 3.8) is 0 Å². The van der Waals surface area contributed by atoms with E-state index >= 15 is 0 Å². The molecule has 21 heavy (non-hydrogen) atoms. The standard InChI is InChI=1S/C14H13F2NO3S/c1-9-2-3-10(8-18)4-14(9)17-21(19,20)13-6-11(15)5-12(16)7-13/h2-7,17-18H,8H2,1H3. The minimum absolute atomic E-state index is 0.242. The van der Waals surface area contributed by atoms with Gasteiger partial charge < -0.3 is 5.11 Å². The minimum Gasteiger partial charge on any atom is -0.392 e. The Balaban J connectivity index is 2.41. The summed E-state index contributed by atoms with van der Waals surface area (Å²) < 4.78 is 52.8. The van der Waals surface area contributed by atoms with E-state index in [1.54, 1.807) is 19.1 Å². The maximum Gasteiger partial charge on any atom is 0.262 e. The normalized spacial score (nSPS) is 11.4. The van der Waals surface area contributed by atoms with Crippen molar-refractivity contribution in [2.45, 2.75) is 18.4 Å². The number of benzene rings is 2. The van der Waals surface area contributed by atoms with Crippen molar-refractivity contribution < 1.29 is 22.3 Å². The first-order valence-corrected chi connectivity index (χ1v) is 7.49. The van der Waals surface area contributed by atoms with Gasteiger partial charge in [0.25, 0.3) is 10.0 Å². The van der Waals surface area contributed by atoms with Crippen LogP contribution in [0.2, 0.25) is 0 Å². The van der Waals surface area contributed by atoms with Gasteiger partial charge in [0, 0.05) is 6.07 Å². The molecule has 2 aromatic carbocycles. The van der Waals surface area contributed by atoms with Gasteiger partial charge in [0.1, 0.15) is 11.6 Å². The van der Waals surface area contributed by atoms with E-state index in [2.05, 4.69) is 4.72 Å². The third-order valence-electron chi connectivity index (χ3n) is 2.88. The highest BCUT2D eigenvalue weighted by Crippen LogP contribution is 2.22. The van der Waals surface area contributed by atoms with Crippen LogP contribution in [0, 0.1) is 18.6 Å². The third kappa shape index (κ3) is 3.56. The molecule has 4 nitrogen and oxygen atoms in total. The van der Waals surface area contributed by atoms with Gasteiger partial charge in [-0.1, -0.05) is 12.1 Å². The van der Waals surface area contributed by atoms with Gasteiger partial charge in [-0.3, -0.25) is 4.72 Å². The number of sulfonamides is 1. The second-order valence-corrected chi connectivity index (χ2v) is 6.20. The Morgan fingerprint density at radius 2 is 1.71 bits per heavy atom. The molecule has 0 aliphatic heterocycles. The molecule has 2 rings (SSSR count). The molecule has 2 N–H and O–H groups in total. The first kappa shape index (κ1) is 15.4. The second-order valence-electron chi connectivity index (χ2n) is 4.52. The number of rotatable bonds is 4. The predicted octanol–water partition coefficient (Wildman–Crippen LogP) is 2.57. The van der Waals surface area contributed by atoms with E-state index < -0.39 is 26.6 Å². The molecule has 0 atom stereocenters. The molecule has 0 amide bonds. The van der Waals surface area contributed by atoms with Crippen LogP contribution < -0.4 is 4.72 Å². The van der Waals surface area contributed by atoms with Crippen LogP contribution in [0.1, 0.15) is 11.1 Å². The summed E-state index contributed by atoms with van der Waals surface area (Å²) in [5, 5.41) is 9.06. The van der Waals surface area contributed by atoms with Gasteiger partial charge in [-0.2, -0.15) is 0 Å². The maximum atomic E-state index is 13.1. The van der Waals surface area contributed by atoms with E-state index in [0.29, 0.717) is 17.2 Å². The topological polar surface area (TPSA) is 66.4 Å². The molecule has 112 valence electrons. The molecular weight excluding hydrogens is 300 g/mol. The molecule has 0 bridgehead atoms. The number of hydrogen-bond donors (Lipinski definition) is 2. The lowest BCUT2D eigenvalue weighted by atomic mass is 10.1. The summed E-state index contributed by atoms with van der Waals surface area (Å²) in [5.41, 5.74) is 1.38. The fourth-order valence-corrected chi connectivity index (χ4v) is 2.93. The lowest BCUT2D eigenvalue weighted by Crippen LogP contribution is -2.14. The first-order valence-electron chi connectivity index (χ1n) is 6.01. The average molecular weight is 313 g/mol. The molecule has 0 saturated heterocycles. The Kier molecular flexibility index (Phi) is 4.24. The predicted molar refractivity (Wildman–Crippen MR) is 74.3 cm³/mol. The number of anilines is 1. The van der Waals surface area contributed by atoms with Crippen LogP contribution in [0.5, 0.6) is 0 Å². The van der Waals surface area contributed by atoms with Crippen molar-refractivity contribution in [3.05, 3.63) is 59.2 Å². The molecular formula is C14H13F2NO3S. The van der Waals surface area contributed by atoms with E-state index in [9.17, 15) is 17.2 Å². The van der Waals surface area contributed by atoms with Crippen molar-refractivity contribution in [1.82, 2.24) is 0 Å². The van der Waals surface area contributed by atoms with E-state index in [1.165, 1.54) is 6.07 Å². The van der Waals surface area contributed by atoms with Crippen LogP contribution in [-0.4, -0.2) is 13.5 Å². The SMILES string of the molecule is Cc1ccc(CO)cc1NS(=O)(=O)c1cc(F)cc(F)c1. The van der Waals surface area contributed by atoms with Gasteiger partial charge >= 0.3 is 0 Å². The fraction of sp³-hybridized carbons (Fsp3) is 0.143. The Labute approximate surface area is 121 Å². The Morgan fingerprint density at radius 3 is 2.29 bits per heavy atom. The molecule has 0 aliphatic carbocycles. The summed E-state index contributed by atoms with van der Waals surface area (Å²) in [7, 11) is -4.12. The minimum atomic E-state index is -4.12. The van der Waals surface area contributed by atoms with Gasteiger partial charge in [0.15, 0.2) is 0 Å².